The summed E-state index contributed by atoms with van der Waals surface area (Å²) in [7, 11) is 3.36. The zero-order valence-corrected chi connectivity index (χ0v) is 23.3. The predicted octanol–water partition coefficient (Wildman–Crippen LogP) is 3.86. The minimum atomic E-state index is -1.04. The van der Waals surface area contributed by atoms with E-state index in [1.54, 1.807) is 59.2 Å². The fourth-order valence-electron chi connectivity index (χ4n) is 4.27. The molecule has 0 fully saturated rings. The fourth-order valence-corrected chi connectivity index (χ4v) is 4.27. The topological polar surface area (TPSA) is 103 Å². The van der Waals surface area contributed by atoms with Crippen molar-refractivity contribution in [2.24, 2.45) is 5.10 Å². The summed E-state index contributed by atoms with van der Waals surface area (Å²) in [5.74, 6) is 0.225. The van der Waals surface area contributed by atoms with E-state index >= 15 is 0 Å². The Morgan fingerprint density at radius 3 is 2.08 bits per heavy atom. The molecule has 0 bridgehead atoms. The Bertz CT molecular complexity index is 1210. The monoisotopic (exact) mass is 533 g/mol. The van der Waals surface area contributed by atoms with Gasteiger partial charge in [-0.1, -0.05) is 77.9 Å². The van der Waals surface area contributed by atoms with E-state index in [1.807, 2.05) is 60.7 Å². The number of carbonyl (C=O) groups excluding carboxylic acids is 1. The molecule has 2 N–H and O–H groups in total. The van der Waals surface area contributed by atoms with E-state index < -0.39 is 29.7 Å². The summed E-state index contributed by atoms with van der Waals surface area (Å²) in [4.78, 5) is 12.7. The van der Waals surface area contributed by atoms with Gasteiger partial charge in [-0.05, 0) is 50.5 Å². The first-order valence-electron chi connectivity index (χ1n) is 13.0. The van der Waals surface area contributed by atoms with Gasteiger partial charge in [0.25, 0.3) is 0 Å². The number of hydrogen-bond donors (Lipinski definition) is 2. The molecule has 39 heavy (non-hydrogen) atoms. The number of benzene rings is 3. The zero-order chi connectivity index (χ0) is 28.5. The van der Waals surface area contributed by atoms with Gasteiger partial charge in [-0.3, -0.25) is 0 Å². The van der Waals surface area contributed by atoms with Crippen LogP contribution in [-0.2, 0) is 17.7 Å². The highest BCUT2D eigenvalue weighted by Gasteiger charge is 2.33. The standard InChI is InChI=1S/C31H39N3O5/c1-31(2,3)39-30(37)32-27(20-23-12-8-6-9-13-23)28(35)22-34(4,21-24-14-10-7-11-15-24)33-29(36)25-16-18-26(38-5)19-17-25/h6-19,27-28,35H,20-22H2,1-5H3,(H-,32,33,36,37)/t27-,28-,34?/m0/s1. The molecule has 1 amide bonds. The lowest BCUT2D eigenvalue weighted by Gasteiger charge is -2.34. The number of methoxy groups -OCH3 is 1. The van der Waals surface area contributed by atoms with Gasteiger partial charge in [0.05, 0.1) is 26.1 Å². The SMILES string of the molecule is COc1ccc(/C([O-])=N/[N+](C)(Cc2ccccc2)C[C@H](O)[C@H](Cc2ccccc2)NC(=O)OC(C)(C)C)cc1. The first kappa shape index (κ1) is 29.7. The molecular weight excluding hydrogens is 494 g/mol. The Labute approximate surface area is 231 Å². The van der Waals surface area contributed by atoms with E-state index in [-0.39, 0.29) is 11.1 Å². The van der Waals surface area contributed by atoms with Gasteiger partial charge in [-0.15, -0.1) is 0 Å². The molecule has 3 aromatic carbocycles. The Morgan fingerprint density at radius 1 is 0.974 bits per heavy atom. The summed E-state index contributed by atoms with van der Waals surface area (Å²) >= 11 is 0. The second-order valence-electron chi connectivity index (χ2n) is 10.8. The third-order valence-corrected chi connectivity index (χ3v) is 6.08. The molecule has 208 valence electrons. The van der Waals surface area contributed by atoms with Gasteiger partial charge < -0.3 is 25.0 Å². The van der Waals surface area contributed by atoms with Gasteiger partial charge in [-0.25, -0.2) is 4.79 Å². The quantitative estimate of drug-likeness (QED) is 0.169. The van der Waals surface area contributed by atoms with E-state index in [9.17, 15) is 15.0 Å². The van der Waals surface area contributed by atoms with Crippen LogP contribution in [-0.4, -0.2) is 60.1 Å². The number of rotatable bonds is 11. The maximum absolute atomic E-state index is 13.2. The van der Waals surface area contributed by atoms with Crippen molar-refractivity contribution in [2.75, 3.05) is 20.7 Å². The Kier molecular flexibility index (Phi) is 10.1. The zero-order valence-electron chi connectivity index (χ0n) is 23.3. The molecule has 3 atom stereocenters. The first-order valence-corrected chi connectivity index (χ1v) is 13.0. The van der Waals surface area contributed by atoms with E-state index in [0.29, 0.717) is 24.3 Å². The second-order valence-corrected chi connectivity index (χ2v) is 10.8. The summed E-state index contributed by atoms with van der Waals surface area (Å²) in [6.45, 7) is 5.79. The molecule has 1 unspecified atom stereocenters. The van der Waals surface area contributed by atoms with Crippen molar-refractivity contribution in [3.05, 3.63) is 102 Å². The average molecular weight is 534 g/mol. The third kappa shape index (κ3) is 9.74. The van der Waals surface area contributed by atoms with Crippen molar-refractivity contribution in [2.45, 2.75) is 51.5 Å². The molecule has 0 aliphatic carbocycles. The van der Waals surface area contributed by atoms with Crippen LogP contribution < -0.4 is 15.2 Å². The largest absolute Gasteiger partial charge is 0.855 e. The fraction of sp³-hybridized carbons (Fsp3) is 0.355. The van der Waals surface area contributed by atoms with Crippen molar-refractivity contribution >= 4 is 12.0 Å². The molecule has 0 spiro atoms. The van der Waals surface area contributed by atoms with E-state index in [2.05, 4.69) is 10.4 Å². The number of alkyl carbamates (subject to hydrolysis) is 1. The first-order chi connectivity index (χ1) is 18.5. The highest BCUT2D eigenvalue weighted by Crippen LogP contribution is 2.19. The Balaban J connectivity index is 1.91. The lowest BCUT2D eigenvalue weighted by atomic mass is 10.0. The summed E-state index contributed by atoms with van der Waals surface area (Å²) in [5.41, 5.74) is 1.62. The summed E-state index contributed by atoms with van der Waals surface area (Å²) in [6, 6.07) is 25.3. The van der Waals surface area contributed by atoms with Crippen LogP contribution >= 0.6 is 0 Å². The molecule has 8 heteroatoms. The lowest BCUT2D eigenvalue weighted by Crippen LogP contribution is -2.54. The predicted molar refractivity (Wildman–Crippen MR) is 150 cm³/mol. The van der Waals surface area contributed by atoms with Gasteiger partial charge in [-0.2, -0.15) is 4.59 Å². The molecule has 0 aliphatic heterocycles. The van der Waals surface area contributed by atoms with Crippen LogP contribution in [0.3, 0.4) is 0 Å². The van der Waals surface area contributed by atoms with Crippen molar-refractivity contribution in [3.63, 3.8) is 0 Å². The average Bonchev–Trinajstić information content (AvgIpc) is 2.88. The molecule has 0 saturated heterocycles. The van der Waals surface area contributed by atoms with Crippen LogP contribution in [0.25, 0.3) is 0 Å². The van der Waals surface area contributed by atoms with Crippen molar-refractivity contribution in [1.29, 1.82) is 0 Å². The minimum Gasteiger partial charge on any atom is -0.855 e. The van der Waals surface area contributed by atoms with E-state index in [4.69, 9.17) is 9.47 Å². The number of carbonyl (C=O) groups is 1. The summed E-state index contributed by atoms with van der Waals surface area (Å²) in [6.07, 6.45) is -1.29. The number of nitrogens with one attached hydrogen (secondary N) is 1. The van der Waals surface area contributed by atoms with Crippen LogP contribution in [0.15, 0.2) is 90.0 Å². The lowest BCUT2D eigenvalue weighted by molar-refractivity contribution is -0.933. The maximum Gasteiger partial charge on any atom is 0.407 e. The third-order valence-electron chi connectivity index (χ3n) is 6.08. The summed E-state index contributed by atoms with van der Waals surface area (Å²) in [5, 5.41) is 32.1. The van der Waals surface area contributed by atoms with Gasteiger partial charge in [0.2, 0.25) is 0 Å². The number of nitrogens with zero attached hydrogens (tertiary/aromatic N) is 2. The molecule has 3 aromatic rings. The van der Waals surface area contributed by atoms with E-state index in [1.165, 1.54) is 0 Å². The van der Waals surface area contributed by atoms with Crippen LogP contribution in [0, 0.1) is 0 Å². The van der Waals surface area contributed by atoms with Gasteiger partial charge in [0.1, 0.15) is 30.5 Å². The van der Waals surface area contributed by atoms with Crippen molar-refractivity contribution in [1.82, 2.24) is 5.32 Å². The smallest absolute Gasteiger partial charge is 0.407 e. The van der Waals surface area contributed by atoms with E-state index in [0.717, 1.165) is 11.1 Å². The van der Waals surface area contributed by atoms with Crippen molar-refractivity contribution in [3.8, 4) is 5.75 Å². The Morgan fingerprint density at radius 2 is 1.54 bits per heavy atom. The van der Waals surface area contributed by atoms with Crippen LogP contribution in [0.2, 0.25) is 0 Å². The molecule has 0 radical (unpaired) electrons. The number of ether oxygens (including phenoxy) is 2. The van der Waals surface area contributed by atoms with Gasteiger partial charge >= 0.3 is 6.09 Å². The summed E-state index contributed by atoms with van der Waals surface area (Å²) < 4.78 is 10.5. The second kappa shape index (κ2) is 13.3. The number of aliphatic hydroxyl groups excluding tert-OH is 1. The number of hydrogen-bond acceptors (Lipinski definition) is 6. The molecule has 0 saturated carbocycles. The molecule has 3 rings (SSSR count). The van der Waals surface area contributed by atoms with Gasteiger partial charge in [0.15, 0.2) is 0 Å². The van der Waals surface area contributed by atoms with Crippen molar-refractivity contribution < 1.29 is 29.1 Å². The maximum atomic E-state index is 13.2. The number of quaternary nitrogens is 1. The molecular formula is C31H39N3O5. The number of aliphatic hydroxyl groups is 1. The molecule has 8 nitrogen and oxygen atoms in total. The molecule has 0 aliphatic rings. The Hall–Kier alpha value is -3.88. The van der Waals surface area contributed by atoms with Crippen LogP contribution in [0.5, 0.6) is 5.75 Å². The number of likely N-dealkylation sites (N-methyl/N-ethyl adjacent to an activating group) is 1. The molecule has 0 aromatic heterocycles. The molecule has 0 heterocycles. The highest BCUT2D eigenvalue weighted by molar-refractivity contribution is 5.90. The van der Waals surface area contributed by atoms with Gasteiger partial charge in [0, 0.05) is 5.56 Å². The highest BCUT2D eigenvalue weighted by atomic mass is 16.6. The van der Waals surface area contributed by atoms with Crippen LogP contribution in [0.1, 0.15) is 37.5 Å². The number of amides is 1. The van der Waals surface area contributed by atoms with Crippen LogP contribution in [0.4, 0.5) is 4.79 Å². The minimum absolute atomic E-state index is 0.0735. The normalized spacial score (nSPS) is 15.1.